The predicted octanol–water partition coefficient (Wildman–Crippen LogP) is 5.47. The van der Waals surface area contributed by atoms with Gasteiger partial charge in [-0.05, 0) is 48.5 Å². The smallest absolute Gasteiger partial charge is 0.261 e. The Morgan fingerprint density at radius 3 is 2.55 bits per heavy atom. The number of hydrogen-bond acceptors (Lipinski definition) is 5. The molecule has 0 fully saturated rings. The third-order valence-corrected chi connectivity index (χ3v) is 6.84. The van der Waals surface area contributed by atoms with Gasteiger partial charge in [0.25, 0.3) is 5.56 Å². The van der Waals surface area contributed by atoms with E-state index in [-0.39, 0.29) is 17.2 Å². The molecule has 0 unspecified atom stereocenters. The normalized spacial score (nSPS) is 10.9. The SMILES string of the molecule is Cn1c(SCC(=O)Nc2ccccc2Sc2ccc(Cl)cc2)nc2ccccc2c1=O. The van der Waals surface area contributed by atoms with Gasteiger partial charge >= 0.3 is 0 Å². The average molecular weight is 468 g/mol. The molecule has 4 aromatic rings. The van der Waals surface area contributed by atoms with E-state index in [4.69, 9.17) is 11.6 Å². The van der Waals surface area contributed by atoms with E-state index in [0.717, 1.165) is 15.5 Å². The summed E-state index contributed by atoms with van der Waals surface area (Å²) in [7, 11) is 1.67. The number of anilines is 1. The molecule has 0 spiro atoms. The van der Waals surface area contributed by atoms with Crippen LogP contribution in [0.1, 0.15) is 0 Å². The summed E-state index contributed by atoms with van der Waals surface area (Å²) < 4.78 is 1.48. The van der Waals surface area contributed by atoms with E-state index in [9.17, 15) is 9.59 Å². The average Bonchev–Trinajstić information content (AvgIpc) is 2.78. The number of benzene rings is 3. The standard InChI is InChI=1S/C23H18ClN3O2S2/c1-27-22(29)17-6-2-3-7-18(17)26-23(27)30-14-21(28)25-19-8-4-5-9-20(19)31-16-12-10-15(24)11-13-16/h2-13H,14H2,1H3,(H,25,28). The van der Waals surface area contributed by atoms with Gasteiger partial charge in [0.15, 0.2) is 5.16 Å². The number of aromatic nitrogens is 2. The van der Waals surface area contributed by atoms with Crippen molar-refractivity contribution in [1.29, 1.82) is 0 Å². The number of amides is 1. The van der Waals surface area contributed by atoms with Crippen LogP contribution in [0.15, 0.2) is 92.5 Å². The molecular formula is C23H18ClN3O2S2. The van der Waals surface area contributed by atoms with Crippen LogP contribution in [0.4, 0.5) is 5.69 Å². The van der Waals surface area contributed by atoms with Gasteiger partial charge in [-0.15, -0.1) is 0 Å². The largest absolute Gasteiger partial charge is 0.324 e. The minimum absolute atomic E-state index is 0.127. The fraction of sp³-hybridized carbons (Fsp3) is 0.0870. The molecule has 31 heavy (non-hydrogen) atoms. The lowest BCUT2D eigenvalue weighted by Crippen LogP contribution is -2.21. The molecule has 1 N–H and O–H groups in total. The quantitative estimate of drug-likeness (QED) is 0.301. The van der Waals surface area contributed by atoms with Crippen LogP contribution in [-0.4, -0.2) is 21.2 Å². The minimum Gasteiger partial charge on any atom is -0.324 e. The molecule has 0 aliphatic rings. The second-order valence-corrected chi connectivity index (χ2v) is 9.16. The van der Waals surface area contributed by atoms with Crippen LogP contribution in [0.3, 0.4) is 0 Å². The van der Waals surface area contributed by atoms with E-state index in [2.05, 4.69) is 10.3 Å². The first-order valence-corrected chi connectivity index (χ1v) is 11.6. The number of nitrogens with zero attached hydrogens (tertiary/aromatic N) is 2. The molecule has 0 saturated carbocycles. The molecule has 0 saturated heterocycles. The fourth-order valence-electron chi connectivity index (χ4n) is 2.93. The second-order valence-electron chi connectivity index (χ2n) is 6.66. The molecule has 0 atom stereocenters. The highest BCUT2D eigenvalue weighted by Crippen LogP contribution is 2.34. The summed E-state index contributed by atoms with van der Waals surface area (Å²) >= 11 is 8.74. The van der Waals surface area contributed by atoms with E-state index >= 15 is 0 Å². The first-order chi connectivity index (χ1) is 15.0. The maximum Gasteiger partial charge on any atom is 0.261 e. The molecule has 4 rings (SSSR count). The van der Waals surface area contributed by atoms with Gasteiger partial charge in [-0.2, -0.15) is 0 Å². The summed E-state index contributed by atoms with van der Waals surface area (Å²) in [5.74, 6) is -0.0324. The van der Waals surface area contributed by atoms with Gasteiger partial charge in [0.05, 0.1) is 22.3 Å². The number of halogens is 1. The Morgan fingerprint density at radius 1 is 1.03 bits per heavy atom. The van der Waals surface area contributed by atoms with Gasteiger partial charge < -0.3 is 5.32 Å². The van der Waals surface area contributed by atoms with E-state index in [0.29, 0.717) is 21.1 Å². The Bertz CT molecular complexity index is 1310. The third kappa shape index (κ3) is 5.12. The zero-order valence-electron chi connectivity index (χ0n) is 16.5. The third-order valence-electron chi connectivity index (χ3n) is 4.48. The van der Waals surface area contributed by atoms with Gasteiger partial charge in [0, 0.05) is 21.9 Å². The van der Waals surface area contributed by atoms with Crippen molar-refractivity contribution in [2.75, 3.05) is 11.1 Å². The van der Waals surface area contributed by atoms with Crippen molar-refractivity contribution in [3.05, 3.63) is 88.2 Å². The van der Waals surface area contributed by atoms with Crippen molar-refractivity contribution in [2.45, 2.75) is 14.9 Å². The molecule has 5 nitrogen and oxygen atoms in total. The maximum absolute atomic E-state index is 12.6. The highest BCUT2D eigenvalue weighted by Gasteiger charge is 2.12. The number of thioether (sulfide) groups is 1. The highest BCUT2D eigenvalue weighted by molar-refractivity contribution is 8.00. The number of rotatable bonds is 6. The number of para-hydroxylation sites is 2. The molecule has 1 aromatic heterocycles. The molecule has 0 bridgehead atoms. The lowest BCUT2D eigenvalue weighted by Gasteiger charge is -2.12. The van der Waals surface area contributed by atoms with Crippen LogP contribution in [0.5, 0.6) is 0 Å². The van der Waals surface area contributed by atoms with E-state index in [1.807, 2.05) is 60.7 Å². The molecule has 0 aliphatic carbocycles. The molecule has 3 aromatic carbocycles. The van der Waals surface area contributed by atoms with Crippen LogP contribution in [0, 0.1) is 0 Å². The van der Waals surface area contributed by atoms with Crippen LogP contribution in [0.2, 0.25) is 5.02 Å². The van der Waals surface area contributed by atoms with E-state index in [1.165, 1.54) is 16.3 Å². The van der Waals surface area contributed by atoms with Crippen molar-refractivity contribution in [3.63, 3.8) is 0 Å². The Kier molecular flexibility index (Phi) is 6.65. The lowest BCUT2D eigenvalue weighted by atomic mass is 10.2. The first kappa shape index (κ1) is 21.5. The number of hydrogen-bond donors (Lipinski definition) is 1. The van der Waals surface area contributed by atoms with Crippen molar-refractivity contribution in [1.82, 2.24) is 9.55 Å². The summed E-state index contributed by atoms with van der Waals surface area (Å²) in [6.45, 7) is 0. The summed E-state index contributed by atoms with van der Waals surface area (Å²) in [6, 6.07) is 22.4. The number of carbonyl (C=O) groups is 1. The molecule has 0 aliphatic heterocycles. The highest BCUT2D eigenvalue weighted by atomic mass is 35.5. The molecule has 1 heterocycles. The van der Waals surface area contributed by atoms with Crippen LogP contribution < -0.4 is 10.9 Å². The van der Waals surface area contributed by atoms with Crippen LogP contribution in [-0.2, 0) is 11.8 Å². The maximum atomic E-state index is 12.6. The van der Waals surface area contributed by atoms with E-state index < -0.39 is 0 Å². The summed E-state index contributed by atoms with van der Waals surface area (Å²) in [6.07, 6.45) is 0. The second kappa shape index (κ2) is 9.60. The summed E-state index contributed by atoms with van der Waals surface area (Å²) in [5.41, 5.74) is 1.23. The Balaban J connectivity index is 1.46. The first-order valence-electron chi connectivity index (χ1n) is 9.42. The van der Waals surface area contributed by atoms with Crippen molar-refractivity contribution >= 4 is 57.6 Å². The van der Waals surface area contributed by atoms with Gasteiger partial charge in [-0.25, -0.2) is 4.98 Å². The topological polar surface area (TPSA) is 64.0 Å². The predicted molar refractivity (Wildman–Crippen MR) is 128 cm³/mol. The van der Waals surface area contributed by atoms with Crippen LogP contribution >= 0.6 is 35.1 Å². The van der Waals surface area contributed by atoms with Gasteiger partial charge in [0.2, 0.25) is 5.91 Å². The van der Waals surface area contributed by atoms with Gasteiger partial charge in [-0.3, -0.25) is 14.2 Å². The Hall–Kier alpha value is -2.74. The molecule has 0 radical (unpaired) electrons. The minimum atomic E-state index is -0.170. The van der Waals surface area contributed by atoms with Crippen molar-refractivity contribution < 1.29 is 4.79 Å². The molecule has 8 heteroatoms. The Labute approximate surface area is 192 Å². The van der Waals surface area contributed by atoms with Crippen LogP contribution in [0.25, 0.3) is 10.9 Å². The van der Waals surface area contributed by atoms with Gasteiger partial charge in [-0.1, -0.05) is 59.4 Å². The Morgan fingerprint density at radius 2 is 1.74 bits per heavy atom. The molecule has 1 amide bonds. The zero-order valence-corrected chi connectivity index (χ0v) is 18.9. The lowest BCUT2D eigenvalue weighted by molar-refractivity contribution is -0.113. The van der Waals surface area contributed by atoms with E-state index in [1.54, 1.807) is 30.9 Å². The molecular weight excluding hydrogens is 450 g/mol. The number of carbonyl (C=O) groups excluding carboxylic acids is 1. The summed E-state index contributed by atoms with van der Waals surface area (Å²) in [4.78, 5) is 31.6. The molecule has 156 valence electrons. The fourth-order valence-corrected chi connectivity index (χ4v) is 4.73. The number of fused-ring (bicyclic) bond motifs is 1. The summed E-state index contributed by atoms with van der Waals surface area (Å²) in [5, 5.41) is 4.71. The number of nitrogens with one attached hydrogen (secondary N) is 1. The monoisotopic (exact) mass is 467 g/mol. The van der Waals surface area contributed by atoms with Crippen molar-refractivity contribution in [3.8, 4) is 0 Å². The van der Waals surface area contributed by atoms with Gasteiger partial charge in [0.1, 0.15) is 0 Å². The van der Waals surface area contributed by atoms with Crippen molar-refractivity contribution in [2.24, 2.45) is 7.05 Å². The zero-order chi connectivity index (χ0) is 21.8.